The van der Waals surface area contributed by atoms with E-state index in [9.17, 15) is 0 Å². The number of halogens is 1. The van der Waals surface area contributed by atoms with Crippen LogP contribution in [0.3, 0.4) is 0 Å². The number of fused-ring (bicyclic) bond motifs is 6. The van der Waals surface area contributed by atoms with Gasteiger partial charge in [-0.3, -0.25) is 0 Å². The van der Waals surface area contributed by atoms with E-state index in [0.29, 0.717) is 17.5 Å². The maximum atomic E-state index is 6.87. The van der Waals surface area contributed by atoms with Crippen LogP contribution in [0.1, 0.15) is 0 Å². The molecule has 240 valence electrons. The van der Waals surface area contributed by atoms with Gasteiger partial charge in [-0.2, -0.15) is 0 Å². The van der Waals surface area contributed by atoms with Crippen LogP contribution in [-0.2, 0) is 0 Å². The second-order valence-electron chi connectivity index (χ2n) is 12.6. The van der Waals surface area contributed by atoms with Crippen molar-refractivity contribution in [2.45, 2.75) is 0 Å². The minimum absolute atomic E-state index is 0.607. The van der Waals surface area contributed by atoms with Crippen LogP contribution < -0.4 is 0 Å². The standard InChI is InChI=1S/C45H27ClN4S/c46-37-25-24-36(42-41(37)35-19-8-10-21-40(35)51-42)45-48-43(30-15-11-14-29(26-30)28-12-3-1-4-13-28)47-44(49-45)31-22-23-34-33-18-7-9-20-38(33)50(39(34)27-31)32-16-5-2-6-17-32/h1-27H. The van der Waals surface area contributed by atoms with Gasteiger partial charge in [-0.25, -0.2) is 15.0 Å². The minimum Gasteiger partial charge on any atom is -0.309 e. The Morgan fingerprint density at radius 3 is 1.90 bits per heavy atom. The van der Waals surface area contributed by atoms with Crippen molar-refractivity contribution in [3.8, 4) is 51.0 Å². The summed E-state index contributed by atoms with van der Waals surface area (Å²) in [6, 6.07) is 56.8. The largest absolute Gasteiger partial charge is 0.309 e. The second-order valence-corrected chi connectivity index (χ2v) is 14.0. The fourth-order valence-corrected chi connectivity index (χ4v) is 8.70. The topological polar surface area (TPSA) is 43.6 Å². The molecule has 10 aromatic rings. The van der Waals surface area contributed by atoms with Crippen molar-refractivity contribution in [2.75, 3.05) is 0 Å². The minimum atomic E-state index is 0.607. The molecule has 4 nitrogen and oxygen atoms in total. The third-order valence-corrected chi connectivity index (χ3v) is 11.0. The first-order valence-corrected chi connectivity index (χ1v) is 18.0. The number of aromatic nitrogens is 4. The molecule has 0 fully saturated rings. The van der Waals surface area contributed by atoms with Crippen LogP contribution in [0.15, 0.2) is 164 Å². The van der Waals surface area contributed by atoms with Crippen molar-refractivity contribution in [3.05, 3.63) is 169 Å². The number of rotatable bonds is 5. The van der Waals surface area contributed by atoms with Gasteiger partial charge in [0.15, 0.2) is 17.5 Å². The van der Waals surface area contributed by atoms with Crippen LogP contribution in [0.5, 0.6) is 0 Å². The van der Waals surface area contributed by atoms with Gasteiger partial charge in [0.25, 0.3) is 0 Å². The Hall–Kier alpha value is -6.14. The third-order valence-electron chi connectivity index (χ3n) is 9.53. The molecular formula is C45H27ClN4S. The van der Waals surface area contributed by atoms with Gasteiger partial charge in [-0.05, 0) is 59.7 Å². The van der Waals surface area contributed by atoms with Crippen molar-refractivity contribution in [2.24, 2.45) is 0 Å². The summed E-state index contributed by atoms with van der Waals surface area (Å²) in [6.45, 7) is 0. The van der Waals surface area contributed by atoms with Gasteiger partial charge in [0.05, 0.1) is 11.0 Å². The van der Waals surface area contributed by atoms with E-state index in [-0.39, 0.29) is 0 Å². The highest BCUT2D eigenvalue weighted by Crippen LogP contribution is 2.43. The maximum absolute atomic E-state index is 6.87. The van der Waals surface area contributed by atoms with Crippen LogP contribution in [0, 0.1) is 0 Å². The Bertz CT molecular complexity index is 2930. The summed E-state index contributed by atoms with van der Waals surface area (Å²) in [5.74, 6) is 1.83. The lowest BCUT2D eigenvalue weighted by Crippen LogP contribution is -2.01. The molecule has 0 spiro atoms. The first-order valence-electron chi connectivity index (χ1n) is 16.8. The number of benzene rings is 7. The zero-order chi connectivity index (χ0) is 33.9. The van der Waals surface area contributed by atoms with Crippen molar-refractivity contribution >= 4 is 64.9 Å². The van der Waals surface area contributed by atoms with Crippen molar-refractivity contribution in [3.63, 3.8) is 0 Å². The Morgan fingerprint density at radius 2 is 1.08 bits per heavy atom. The molecule has 6 heteroatoms. The zero-order valence-electron chi connectivity index (χ0n) is 27.2. The number of nitrogens with zero attached hydrogens (tertiary/aromatic N) is 4. The molecule has 0 saturated heterocycles. The molecule has 0 N–H and O–H groups in total. The summed E-state index contributed by atoms with van der Waals surface area (Å²) in [6.07, 6.45) is 0. The van der Waals surface area contributed by atoms with Crippen LogP contribution in [-0.4, -0.2) is 19.5 Å². The summed E-state index contributed by atoms with van der Waals surface area (Å²) in [4.78, 5) is 15.6. The van der Waals surface area contributed by atoms with Crippen molar-refractivity contribution in [1.82, 2.24) is 19.5 Å². The predicted molar refractivity (Wildman–Crippen MR) is 214 cm³/mol. The maximum Gasteiger partial charge on any atom is 0.165 e. The molecular weight excluding hydrogens is 664 g/mol. The van der Waals surface area contributed by atoms with Gasteiger partial charge >= 0.3 is 0 Å². The number of hydrogen-bond acceptors (Lipinski definition) is 4. The quantitative estimate of drug-likeness (QED) is 0.180. The molecule has 0 aliphatic rings. The van der Waals surface area contributed by atoms with Crippen molar-refractivity contribution < 1.29 is 0 Å². The SMILES string of the molecule is Clc1ccc(-c2nc(-c3cccc(-c4ccccc4)c3)nc(-c3ccc4c5ccccc5n(-c5ccccc5)c4c3)n2)c2sc3ccccc3c12. The van der Waals surface area contributed by atoms with E-state index in [4.69, 9.17) is 26.6 Å². The molecule has 7 aromatic carbocycles. The smallest absolute Gasteiger partial charge is 0.165 e. The molecule has 3 heterocycles. The van der Waals surface area contributed by atoms with E-state index in [0.717, 1.165) is 65.0 Å². The van der Waals surface area contributed by atoms with E-state index in [2.05, 4.69) is 144 Å². The van der Waals surface area contributed by atoms with Crippen LogP contribution >= 0.6 is 22.9 Å². The third kappa shape index (κ3) is 5.01. The highest BCUT2D eigenvalue weighted by atomic mass is 35.5. The molecule has 0 atom stereocenters. The normalized spacial score (nSPS) is 11.6. The van der Waals surface area contributed by atoms with Gasteiger partial charge in [-0.15, -0.1) is 11.3 Å². The predicted octanol–water partition coefficient (Wildman–Crippen LogP) is 12.7. The van der Waals surface area contributed by atoms with E-state index < -0.39 is 0 Å². The lowest BCUT2D eigenvalue weighted by Gasteiger charge is -2.11. The second kappa shape index (κ2) is 12.0. The number of thiophene rings is 1. The molecule has 0 amide bonds. The summed E-state index contributed by atoms with van der Waals surface area (Å²) >= 11 is 8.59. The average Bonchev–Trinajstić information content (AvgIpc) is 3.75. The highest BCUT2D eigenvalue weighted by molar-refractivity contribution is 7.26. The Labute approximate surface area is 302 Å². The molecule has 0 unspecified atom stereocenters. The molecule has 3 aromatic heterocycles. The van der Waals surface area contributed by atoms with Gasteiger partial charge < -0.3 is 4.57 Å². The fraction of sp³-hybridized carbons (Fsp3) is 0. The molecule has 10 rings (SSSR count). The Balaban J connectivity index is 1.23. The first-order chi connectivity index (χ1) is 25.2. The Kier molecular flexibility index (Phi) is 7.01. The summed E-state index contributed by atoms with van der Waals surface area (Å²) in [5.41, 5.74) is 8.34. The van der Waals surface area contributed by atoms with Gasteiger partial charge in [-0.1, -0.05) is 127 Å². The molecule has 0 saturated carbocycles. The Morgan fingerprint density at radius 1 is 0.451 bits per heavy atom. The first kappa shape index (κ1) is 29.7. The van der Waals surface area contributed by atoms with Crippen LogP contribution in [0.25, 0.3) is 93.0 Å². The highest BCUT2D eigenvalue weighted by Gasteiger charge is 2.20. The molecule has 0 bridgehead atoms. The van der Waals surface area contributed by atoms with E-state index >= 15 is 0 Å². The van der Waals surface area contributed by atoms with E-state index in [1.807, 2.05) is 24.3 Å². The average molecular weight is 691 g/mol. The summed E-state index contributed by atoms with van der Waals surface area (Å²) < 4.78 is 4.55. The fourth-order valence-electron chi connectivity index (χ4n) is 7.15. The lowest BCUT2D eigenvalue weighted by molar-refractivity contribution is 1.08. The zero-order valence-corrected chi connectivity index (χ0v) is 28.7. The van der Waals surface area contributed by atoms with Crippen molar-refractivity contribution in [1.29, 1.82) is 0 Å². The van der Waals surface area contributed by atoms with E-state index in [1.54, 1.807) is 11.3 Å². The van der Waals surface area contributed by atoms with Gasteiger partial charge in [0.1, 0.15) is 0 Å². The summed E-state index contributed by atoms with van der Waals surface area (Å²) in [7, 11) is 0. The molecule has 0 radical (unpaired) electrons. The molecule has 0 aliphatic heterocycles. The van der Waals surface area contributed by atoms with Gasteiger partial charge in [0.2, 0.25) is 0 Å². The number of para-hydroxylation sites is 2. The van der Waals surface area contributed by atoms with Gasteiger partial charge in [0, 0.05) is 58.3 Å². The summed E-state index contributed by atoms with van der Waals surface area (Å²) in [5, 5.41) is 5.25. The lowest BCUT2D eigenvalue weighted by atomic mass is 10.0. The molecule has 51 heavy (non-hydrogen) atoms. The van der Waals surface area contributed by atoms with Crippen LogP contribution in [0.4, 0.5) is 0 Å². The monoisotopic (exact) mass is 690 g/mol. The molecule has 0 aliphatic carbocycles. The van der Waals surface area contributed by atoms with Crippen LogP contribution in [0.2, 0.25) is 5.02 Å². The van der Waals surface area contributed by atoms with E-state index in [1.165, 1.54) is 15.5 Å². The number of hydrogen-bond donors (Lipinski definition) is 0.